The summed E-state index contributed by atoms with van der Waals surface area (Å²) in [6, 6.07) is 0. The summed E-state index contributed by atoms with van der Waals surface area (Å²) in [4.78, 5) is 0. The highest BCUT2D eigenvalue weighted by Crippen LogP contribution is 2.34. The third-order valence-corrected chi connectivity index (χ3v) is 8.20. The van der Waals surface area contributed by atoms with Gasteiger partial charge in [0.2, 0.25) is 0 Å². The minimum Gasteiger partial charge on any atom is -0.394 e. The van der Waals surface area contributed by atoms with Gasteiger partial charge in [0.25, 0.3) is 0 Å². The molecule has 4 rings (SSSR count). The van der Waals surface area contributed by atoms with E-state index < -0.39 is 149 Å². The van der Waals surface area contributed by atoms with Crippen molar-refractivity contribution < 1.29 is 105 Å². The van der Waals surface area contributed by atoms with E-state index in [4.69, 9.17) is 33.2 Å². The Labute approximate surface area is 254 Å². The Bertz CT molecular complexity index is 910. The molecular weight excluding hydrogens is 624 g/mol. The Kier molecular flexibility index (Phi) is 12.8. The third-order valence-electron chi connectivity index (χ3n) is 8.20. The summed E-state index contributed by atoms with van der Waals surface area (Å²) in [5.41, 5.74) is 0. The van der Waals surface area contributed by atoms with Gasteiger partial charge in [-0.15, -0.1) is 0 Å². The van der Waals surface area contributed by atoms with Crippen LogP contribution < -0.4 is 0 Å². The van der Waals surface area contributed by atoms with Gasteiger partial charge in [0.1, 0.15) is 97.7 Å². The molecule has 4 unspecified atom stereocenters. The molecule has 21 heteroatoms. The molecule has 20 atom stereocenters. The summed E-state index contributed by atoms with van der Waals surface area (Å²) in [5.74, 6) is 0. The van der Waals surface area contributed by atoms with E-state index in [-0.39, 0.29) is 0 Å². The average Bonchev–Trinajstić information content (AvgIpc) is 3.03. The van der Waals surface area contributed by atoms with E-state index in [1.807, 2.05) is 0 Å². The van der Waals surface area contributed by atoms with Crippen LogP contribution in [0.5, 0.6) is 0 Å². The summed E-state index contributed by atoms with van der Waals surface area (Å²) < 4.78 is 37.7. The first kappa shape index (κ1) is 37.0. The van der Waals surface area contributed by atoms with E-state index in [1.165, 1.54) is 0 Å². The van der Waals surface area contributed by atoms with Crippen LogP contribution in [0.1, 0.15) is 0 Å². The zero-order valence-corrected chi connectivity index (χ0v) is 23.5. The van der Waals surface area contributed by atoms with Crippen molar-refractivity contribution in [2.24, 2.45) is 0 Å². The molecule has 0 spiro atoms. The Balaban J connectivity index is 1.43. The fourth-order valence-corrected chi connectivity index (χ4v) is 5.55. The molecule has 14 N–H and O–H groups in total. The van der Waals surface area contributed by atoms with Gasteiger partial charge in [-0.2, -0.15) is 0 Å². The SMILES string of the molecule is OC[C@H]1OC(O[C@@H]2[C@H](O)[C@@H](O)C(O[C@@H]3[C@H](O)[C@@H](O)C(O[C@@H]4[C@H](O)[C@@H](O)C(O)O[C@@H]4CO)O[C@@H]3CO)O[C@@H]2CO)[C@H](O)[C@@H](O)[C@H]1O. The van der Waals surface area contributed by atoms with Gasteiger partial charge in [-0.1, -0.05) is 0 Å². The number of rotatable bonds is 10. The lowest BCUT2D eigenvalue weighted by atomic mass is 9.95. The Morgan fingerprint density at radius 3 is 1.02 bits per heavy atom. The van der Waals surface area contributed by atoms with E-state index in [0.717, 1.165) is 0 Å². The van der Waals surface area contributed by atoms with E-state index in [2.05, 4.69) is 0 Å². The molecular formula is C24H42O21. The first-order valence-electron chi connectivity index (χ1n) is 14.1. The van der Waals surface area contributed by atoms with Crippen LogP contribution in [0.25, 0.3) is 0 Å². The molecule has 0 saturated carbocycles. The van der Waals surface area contributed by atoms with Gasteiger partial charge in [-0.05, 0) is 0 Å². The predicted molar refractivity (Wildman–Crippen MR) is 134 cm³/mol. The highest BCUT2D eigenvalue weighted by Gasteiger charge is 2.55. The van der Waals surface area contributed by atoms with Gasteiger partial charge >= 0.3 is 0 Å². The third kappa shape index (κ3) is 7.44. The van der Waals surface area contributed by atoms with Crippen LogP contribution in [-0.2, 0) is 33.2 Å². The lowest BCUT2D eigenvalue weighted by molar-refractivity contribution is -0.387. The van der Waals surface area contributed by atoms with Gasteiger partial charge in [0.15, 0.2) is 25.2 Å². The molecule has 4 fully saturated rings. The van der Waals surface area contributed by atoms with Gasteiger partial charge in [-0.25, -0.2) is 0 Å². The second kappa shape index (κ2) is 15.6. The maximum absolute atomic E-state index is 10.9. The molecule has 0 bridgehead atoms. The zero-order valence-electron chi connectivity index (χ0n) is 23.5. The van der Waals surface area contributed by atoms with Crippen LogP contribution in [-0.4, -0.2) is 221 Å². The minimum absolute atomic E-state index is 0.784. The number of aliphatic hydroxyl groups is 14. The Morgan fingerprint density at radius 2 is 0.644 bits per heavy atom. The number of ether oxygens (including phenoxy) is 7. The second-order valence-electron chi connectivity index (χ2n) is 11.1. The van der Waals surface area contributed by atoms with Gasteiger partial charge < -0.3 is 105 Å². The summed E-state index contributed by atoms with van der Waals surface area (Å²) in [6.45, 7) is -3.39. The van der Waals surface area contributed by atoms with E-state index >= 15 is 0 Å². The van der Waals surface area contributed by atoms with Crippen molar-refractivity contribution in [3.8, 4) is 0 Å². The molecule has 0 aromatic carbocycles. The zero-order chi connectivity index (χ0) is 33.3. The molecule has 264 valence electrons. The van der Waals surface area contributed by atoms with E-state index in [1.54, 1.807) is 0 Å². The Hall–Kier alpha value is -0.840. The lowest BCUT2D eigenvalue weighted by Crippen LogP contribution is -2.67. The van der Waals surface area contributed by atoms with Crippen LogP contribution >= 0.6 is 0 Å². The fourth-order valence-electron chi connectivity index (χ4n) is 5.55. The van der Waals surface area contributed by atoms with E-state index in [9.17, 15) is 71.5 Å². The average molecular weight is 667 g/mol. The first-order chi connectivity index (χ1) is 21.3. The Morgan fingerprint density at radius 1 is 0.333 bits per heavy atom. The van der Waals surface area contributed by atoms with E-state index in [0.29, 0.717) is 0 Å². The molecule has 0 aliphatic carbocycles. The van der Waals surface area contributed by atoms with Crippen molar-refractivity contribution in [1.29, 1.82) is 0 Å². The molecule has 0 aromatic rings. The van der Waals surface area contributed by atoms with Gasteiger partial charge in [0, 0.05) is 0 Å². The monoisotopic (exact) mass is 666 g/mol. The molecule has 0 radical (unpaired) electrons. The highest BCUT2D eigenvalue weighted by atomic mass is 16.8. The number of aliphatic hydroxyl groups excluding tert-OH is 14. The standard InChI is InChI=1S/C24H42O21/c25-1-5-9(29)10(30)15(35)22(40-5)44-19-7(3-27)42-24(17(37)12(19)32)45-20-8(4-28)41-23(16(36)13(20)33)43-18-6(2-26)39-21(38)14(34)11(18)31/h5-38H,1-4H2/t5-,6-,7-,8-,9+,10+,11-,12-,13-,14-,15-,16-,17-,18+,19+,20+,21?,22?,23?,24?/m1/s1. The number of hydrogen-bond acceptors (Lipinski definition) is 21. The molecule has 0 aromatic heterocycles. The van der Waals surface area contributed by atoms with Crippen molar-refractivity contribution in [2.75, 3.05) is 26.4 Å². The van der Waals surface area contributed by atoms with Crippen molar-refractivity contribution in [2.45, 2.75) is 123 Å². The molecule has 21 nitrogen and oxygen atoms in total. The smallest absolute Gasteiger partial charge is 0.187 e. The van der Waals surface area contributed by atoms with Crippen molar-refractivity contribution in [1.82, 2.24) is 0 Å². The molecule has 4 aliphatic rings. The summed E-state index contributed by atoms with van der Waals surface area (Å²) in [6.07, 6.45) is -35.3. The largest absolute Gasteiger partial charge is 0.394 e. The van der Waals surface area contributed by atoms with Crippen molar-refractivity contribution >= 4 is 0 Å². The van der Waals surface area contributed by atoms with Crippen molar-refractivity contribution in [3.05, 3.63) is 0 Å². The second-order valence-corrected chi connectivity index (χ2v) is 11.1. The fraction of sp³-hybridized carbons (Fsp3) is 1.00. The van der Waals surface area contributed by atoms with Crippen LogP contribution in [0.3, 0.4) is 0 Å². The number of hydrogen-bond donors (Lipinski definition) is 14. The topological polar surface area (TPSA) is 348 Å². The lowest BCUT2D eigenvalue weighted by Gasteiger charge is -2.49. The summed E-state index contributed by atoms with van der Waals surface area (Å²) in [7, 11) is 0. The van der Waals surface area contributed by atoms with Crippen LogP contribution in [0.4, 0.5) is 0 Å². The first-order valence-corrected chi connectivity index (χ1v) is 14.1. The maximum Gasteiger partial charge on any atom is 0.187 e. The quantitative estimate of drug-likeness (QED) is 0.103. The molecule has 4 heterocycles. The van der Waals surface area contributed by atoms with Gasteiger partial charge in [-0.3, -0.25) is 0 Å². The maximum atomic E-state index is 10.9. The highest BCUT2D eigenvalue weighted by molar-refractivity contribution is 4.97. The summed E-state index contributed by atoms with van der Waals surface area (Å²) in [5, 5.41) is 142. The molecule has 0 amide bonds. The van der Waals surface area contributed by atoms with Crippen molar-refractivity contribution in [3.63, 3.8) is 0 Å². The van der Waals surface area contributed by atoms with Crippen LogP contribution in [0.2, 0.25) is 0 Å². The minimum atomic E-state index is -2.02. The normalized spacial score (nSPS) is 52.9. The van der Waals surface area contributed by atoms with Crippen LogP contribution in [0.15, 0.2) is 0 Å². The molecule has 45 heavy (non-hydrogen) atoms. The van der Waals surface area contributed by atoms with Crippen LogP contribution in [0, 0.1) is 0 Å². The van der Waals surface area contributed by atoms with Gasteiger partial charge in [0.05, 0.1) is 26.4 Å². The molecule has 4 aliphatic heterocycles. The predicted octanol–water partition coefficient (Wildman–Crippen LogP) is -9.75. The molecule has 4 saturated heterocycles. The summed E-state index contributed by atoms with van der Waals surface area (Å²) >= 11 is 0.